The predicted octanol–water partition coefficient (Wildman–Crippen LogP) is 19.0. The summed E-state index contributed by atoms with van der Waals surface area (Å²) in [4.78, 5) is 9.35. The number of fused-ring (bicyclic) bond motifs is 6. The van der Waals surface area contributed by atoms with Gasteiger partial charge < -0.3 is 19.6 Å². The summed E-state index contributed by atoms with van der Waals surface area (Å²) in [6, 6.07) is 104. The molecule has 0 heterocycles. The van der Waals surface area contributed by atoms with Gasteiger partial charge in [0.05, 0.1) is 0 Å². The third kappa shape index (κ3) is 8.04. The highest BCUT2D eigenvalue weighted by atomic mass is 15.2. The molecule has 0 saturated heterocycles. The van der Waals surface area contributed by atoms with Gasteiger partial charge in [0.25, 0.3) is 0 Å². The van der Waals surface area contributed by atoms with Crippen LogP contribution in [0.2, 0.25) is 0 Å². The first-order chi connectivity index (χ1) is 34.7. The molecule has 0 amide bonds. The maximum atomic E-state index is 2.39. The van der Waals surface area contributed by atoms with Gasteiger partial charge >= 0.3 is 0 Å². The lowest BCUT2D eigenvalue weighted by Crippen LogP contribution is -2.12. The fourth-order valence-corrected chi connectivity index (χ4v) is 9.96. The summed E-state index contributed by atoms with van der Waals surface area (Å²) < 4.78 is 0. The zero-order valence-electron chi connectivity index (χ0n) is 38.5. The molecule has 0 spiro atoms. The van der Waals surface area contributed by atoms with Crippen LogP contribution >= 0.6 is 0 Å². The van der Waals surface area contributed by atoms with Crippen LogP contribution in [0.25, 0.3) is 32.3 Å². The van der Waals surface area contributed by atoms with Gasteiger partial charge in [0.2, 0.25) is 0 Å². The van der Waals surface area contributed by atoms with Gasteiger partial charge in [-0.3, -0.25) is 0 Å². The molecule has 4 heteroatoms. The van der Waals surface area contributed by atoms with Crippen LogP contribution in [0.1, 0.15) is 0 Å². The molecule has 0 aliphatic carbocycles. The van der Waals surface area contributed by atoms with Crippen LogP contribution in [0, 0.1) is 0 Å². The normalized spacial score (nSPS) is 11.1. The van der Waals surface area contributed by atoms with Gasteiger partial charge in [-0.05, 0) is 178 Å². The van der Waals surface area contributed by atoms with Crippen molar-refractivity contribution in [1.82, 2.24) is 0 Å². The molecule has 12 aromatic rings. The van der Waals surface area contributed by atoms with Gasteiger partial charge in [0.15, 0.2) is 0 Å². The van der Waals surface area contributed by atoms with E-state index in [1.807, 2.05) is 0 Å². The van der Waals surface area contributed by atoms with E-state index in [4.69, 9.17) is 0 Å². The highest BCUT2D eigenvalue weighted by Gasteiger charge is 2.20. The maximum Gasteiger partial charge on any atom is 0.0468 e. The summed E-state index contributed by atoms with van der Waals surface area (Å²) in [5.41, 5.74) is 13.0. The van der Waals surface area contributed by atoms with Gasteiger partial charge in [0, 0.05) is 68.2 Å². The first-order valence-corrected chi connectivity index (χ1v) is 23.8. The van der Waals surface area contributed by atoms with Crippen LogP contribution in [-0.2, 0) is 0 Å². The Morgan fingerprint density at radius 2 is 0.300 bits per heavy atom. The Morgan fingerprint density at radius 3 is 0.543 bits per heavy atom. The molecule has 12 rings (SSSR count). The Kier molecular flexibility index (Phi) is 11.2. The summed E-state index contributed by atoms with van der Waals surface area (Å²) in [7, 11) is 0. The average Bonchev–Trinajstić information content (AvgIpc) is 3.44. The minimum Gasteiger partial charge on any atom is -0.311 e. The highest BCUT2D eigenvalue weighted by molar-refractivity contribution is 6.26. The van der Waals surface area contributed by atoms with E-state index in [1.54, 1.807) is 0 Å². The van der Waals surface area contributed by atoms with Gasteiger partial charge in [0.1, 0.15) is 0 Å². The number of benzene rings is 12. The summed E-state index contributed by atoms with van der Waals surface area (Å²) >= 11 is 0. The smallest absolute Gasteiger partial charge is 0.0468 e. The largest absolute Gasteiger partial charge is 0.311 e. The summed E-state index contributed by atoms with van der Waals surface area (Å²) in [5.74, 6) is 0. The number of para-hydroxylation sites is 6. The van der Waals surface area contributed by atoms with E-state index >= 15 is 0 Å². The average molecular weight is 897 g/mol. The number of rotatable bonds is 12. The first kappa shape index (κ1) is 42.0. The van der Waals surface area contributed by atoms with Crippen LogP contribution in [0.5, 0.6) is 0 Å². The van der Waals surface area contributed by atoms with Gasteiger partial charge in [-0.2, -0.15) is 0 Å². The number of anilines is 12. The van der Waals surface area contributed by atoms with Crippen molar-refractivity contribution in [3.63, 3.8) is 0 Å². The Labute approximate surface area is 409 Å². The lowest BCUT2D eigenvalue weighted by atomic mass is 9.93. The van der Waals surface area contributed by atoms with Crippen LogP contribution in [0.4, 0.5) is 68.2 Å². The van der Waals surface area contributed by atoms with E-state index in [-0.39, 0.29) is 0 Å². The standard InChI is InChI=1S/C66H48N4/c1-7-21-49(22-8-1)67(50-23-9-2-10-24-50)55-35-39-57(40-36-55)69(53-29-15-5-16-30-53)59-43-45-63-61-33-19-20-34-62(61)64-46-44-60(48-66(64)65(63)47-59)70(54-31-17-6-18-32-54)58-41-37-56(38-42-58)68(51-25-11-3-12-26-51)52-27-13-4-14-28-52/h1-48H. The summed E-state index contributed by atoms with van der Waals surface area (Å²) in [6.45, 7) is 0. The van der Waals surface area contributed by atoms with E-state index in [2.05, 4.69) is 311 Å². The molecule has 0 aromatic heterocycles. The molecule has 12 aromatic carbocycles. The second-order valence-corrected chi connectivity index (χ2v) is 17.4. The molecule has 70 heavy (non-hydrogen) atoms. The zero-order valence-corrected chi connectivity index (χ0v) is 38.5. The molecule has 0 aliphatic heterocycles. The topological polar surface area (TPSA) is 13.0 Å². The summed E-state index contributed by atoms with van der Waals surface area (Å²) in [5, 5.41) is 7.28. The van der Waals surface area contributed by atoms with Crippen molar-refractivity contribution in [2.24, 2.45) is 0 Å². The molecule has 0 saturated carbocycles. The van der Waals surface area contributed by atoms with Crippen molar-refractivity contribution in [3.8, 4) is 0 Å². The number of hydrogen-bond acceptors (Lipinski definition) is 4. The Morgan fingerprint density at radius 1 is 0.129 bits per heavy atom. The minimum absolute atomic E-state index is 1.07. The molecule has 0 radical (unpaired) electrons. The van der Waals surface area contributed by atoms with Gasteiger partial charge in [-0.15, -0.1) is 0 Å². The molecule has 332 valence electrons. The van der Waals surface area contributed by atoms with Crippen molar-refractivity contribution in [3.05, 3.63) is 291 Å². The molecule has 0 unspecified atom stereocenters. The SMILES string of the molecule is c1ccc(N(c2ccccc2)c2ccc(N(c3ccccc3)c3ccc4c5ccccc5c5ccc(N(c6ccccc6)c6ccc(N(c7ccccc7)c7ccccc7)cc6)cc5c4c3)cc2)cc1. The van der Waals surface area contributed by atoms with Crippen LogP contribution in [0.3, 0.4) is 0 Å². The quantitative estimate of drug-likeness (QED) is 0.113. The Hall–Kier alpha value is -9.38. The van der Waals surface area contributed by atoms with Crippen molar-refractivity contribution < 1.29 is 0 Å². The lowest BCUT2D eigenvalue weighted by molar-refractivity contribution is 1.26. The lowest BCUT2D eigenvalue weighted by Gasteiger charge is -2.29. The third-order valence-electron chi connectivity index (χ3n) is 13.1. The summed E-state index contributed by atoms with van der Waals surface area (Å²) in [6.07, 6.45) is 0. The van der Waals surface area contributed by atoms with Crippen molar-refractivity contribution in [2.75, 3.05) is 19.6 Å². The molecule has 0 N–H and O–H groups in total. The van der Waals surface area contributed by atoms with E-state index in [1.165, 1.54) is 32.3 Å². The van der Waals surface area contributed by atoms with E-state index in [0.29, 0.717) is 0 Å². The zero-order chi connectivity index (χ0) is 46.6. The fourth-order valence-electron chi connectivity index (χ4n) is 9.96. The molecule has 0 aliphatic rings. The molecule has 0 bridgehead atoms. The van der Waals surface area contributed by atoms with E-state index in [0.717, 1.165) is 68.2 Å². The first-order valence-electron chi connectivity index (χ1n) is 23.8. The minimum atomic E-state index is 1.07. The van der Waals surface area contributed by atoms with Gasteiger partial charge in [-0.1, -0.05) is 146 Å². The van der Waals surface area contributed by atoms with Crippen LogP contribution in [-0.4, -0.2) is 0 Å². The van der Waals surface area contributed by atoms with Crippen molar-refractivity contribution in [1.29, 1.82) is 0 Å². The van der Waals surface area contributed by atoms with Crippen molar-refractivity contribution >= 4 is 101 Å². The highest BCUT2D eigenvalue weighted by Crippen LogP contribution is 2.45. The monoisotopic (exact) mass is 896 g/mol. The molecule has 0 atom stereocenters. The predicted molar refractivity (Wildman–Crippen MR) is 298 cm³/mol. The third-order valence-corrected chi connectivity index (χ3v) is 13.1. The second kappa shape index (κ2) is 18.7. The van der Waals surface area contributed by atoms with Gasteiger partial charge in [-0.25, -0.2) is 0 Å². The molecular formula is C66H48N4. The van der Waals surface area contributed by atoms with E-state index < -0.39 is 0 Å². The Balaban J connectivity index is 0.995. The number of hydrogen-bond donors (Lipinski definition) is 0. The Bertz CT molecular complexity index is 3360. The molecule has 0 fully saturated rings. The van der Waals surface area contributed by atoms with Crippen molar-refractivity contribution in [2.45, 2.75) is 0 Å². The van der Waals surface area contributed by atoms with E-state index in [9.17, 15) is 0 Å². The fraction of sp³-hybridized carbons (Fsp3) is 0. The molecular weight excluding hydrogens is 849 g/mol. The second-order valence-electron chi connectivity index (χ2n) is 17.4. The number of nitrogens with zero attached hydrogens (tertiary/aromatic N) is 4. The van der Waals surface area contributed by atoms with Crippen LogP contribution < -0.4 is 19.6 Å². The molecule has 4 nitrogen and oxygen atoms in total. The maximum absolute atomic E-state index is 2.39. The van der Waals surface area contributed by atoms with Crippen LogP contribution in [0.15, 0.2) is 291 Å².